The Kier molecular flexibility index (Phi) is 5.86. The van der Waals surface area contributed by atoms with Crippen molar-refractivity contribution in [2.24, 2.45) is 52.3 Å². The standard InChI is InChI=1S/C28H46O/c1-18(2)19(3)7-8-20(4)24-11-12-25-23-10-9-21-17-22(29)13-15-27(21,5)26(23)14-16-28(24,25)6/h7-8,10,18-22,24-26,29H,9,11-17H2,1-6H3/b8-7+/t19-,20+,21?,22+,24+,25-,26-,27+,28-/m1/s1. The molecular formula is C28H46O. The molecule has 0 radical (unpaired) electrons. The highest BCUT2D eigenvalue weighted by Gasteiger charge is 2.57. The fraction of sp³-hybridized carbons (Fsp3) is 0.857. The molecule has 4 aliphatic carbocycles. The maximum absolute atomic E-state index is 10.2. The fourth-order valence-corrected chi connectivity index (χ4v) is 8.10. The average Bonchev–Trinajstić information content (AvgIpc) is 3.03. The van der Waals surface area contributed by atoms with Crippen LogP contribution < -0.4 is 0 Å². The van der Waals surface area contributed by atoms with Crippen molar-refractivity contribution in [2.75, 3.05) is 0 Å². The minimum Gasteiger partial charge on any atom is -0.393 e. The molecule has 0 bridgehead atoms. The van der Waals surface area contributed by atoms with Crippen molar-refractivity contribution in [2.45, 2.75) is 99.0 Å². The maximum atomic E-state index is 10.2. The van der Waals surface area contributed by atoms with Gasteiger partial charge in [0.05, 0.1) is 6.10 Å². The smallest absolute Gasteiger partial charge is 0.0543 e. The van der Waals surface area contributed by atoms with Crippen LogP contribution in [-0.2, 0) is 0 Å². The van der Waals surface area contributed by atoms with E-state index in [-0.39, 0.29) is 6.10 Å². The number of hydrogen-bond acceptors (Lipinski definition) is 1. The Hall–Kier alpha value is -0.560. The number of fused-ring (bicyclic) bond motifs is 5. The molecule has 0 aromatic carbocycles. The summed E-state index contributed by atoms with van der Waals surface area (Å²) in [6, 6.07) is 0. The number of allylic oxidation sites excluding steroid dienone is 4. The third-order valence-corrected chi connectivity index (χ3v) is 10.5. The Morgan fingerprint density at radius 2 is 1.62 bits per heavy atom. The largest absolute Gasteiger partial charge is 0.393 e. The number of aliphatic hydroxyl groups excluding tert-OH is 1. The molecular weight excluding hydrogens is 352 g/mol. The molecule has 164 valence electrons. The highest BCUT2D eigenvalue weighted by Crippen LogP contribution is 2.66. The predicted molar refractivity (Wildman–Crippen MR) is 124 cm³/mol. The Labute approximate surface area is 180 Å². The summed E-state index contributed by atoms with van der Waals surface area (Å²) in [7, 11) is 0. The van der Waals surface area contributed by atoms with Crippen LogP contribution in [0.3, 0.4) is 0 Å². The third-order valence-electron chi connectivity index (χ3n) is 10.5. The van der Waals surface area contributed by atoms with Gasteiger partial charge in [-0.2, -0.15) is 0 Å². The van der Waals surface area contributed by atoms with Gasteiger partial charge >= 0.3 is 0 Å². The summed E-state index contributed by atoms with van der Waals surface area (Å²) in [5.74, 6) is 5.25. The van der Waals surface area contributed by atoms with Gasteiger partial charge < -0.3 is 5.11 Å². The van der Waals surface area contributed by atoms with Gasteiger partial charge in [0.25, 0.3) is 0 Å². The van der Waals surface area contributed by atoms with Crippen LogP contribution in [-0.4, -0.2) is 11.2 Å². The molecule has 0 amide bonds. The van der Waals surface area contributed by atoms with Crippen molar-refractivity contribution >= 4 is 0 Å². The lowest BCUT2D eigenvalue weighted by molar-refractivity contribution is -0.0414. The average molecular weight is 399 g/mol. The van der Waals surface area contributed by atoms with E-state index in [1.54, 1.807) is 0 Å². The lowest BCUT2D eigenvalue weighted by atomic mass is 9.47. The highest BCUT2D eigenvalue weighted by molar-refractivity contribution is 5.28. The first-order chi connectivity index (χ1) is 13.7. The van der Waals surface area contributed by atoms with Gasteiger partial charge in [-0.15, -0.1) is 0 Å². The molecule has 0 aromatic heterocycles. The van der Waals surface area contributed by atoms with E-state index in [4.69, 9.17) is 0 Å². The van der Waals surface area contributed by atoms with Crippen molar-refractivity contribution in [3.05, 3.63) is 23.8 Å². The Bertz CT molecular complexity index is 659. The van der Waals surface area contributed by atoms with Gasteiger partial charge in [-0.05, 0) is 104 Å². The first-order valence-corrected chi connectivity index (χ1v) is 12.7. The van der Waals surface area contributed by atoms with Crippen molar-refractivity contribution in [1.29, 1.82) is 0 Å². The van der Waals surface area contributed by atoms with Crippen molar-refractivity contribution in [1.82, 2.24) is 0 Å². The van der Waals surface area contributed by atoms with Crippen molar-refractivity contribution in [3.63, 3.8) is 0 Å². The zero-order valence-electron chi connectivity index (χ0n) is 20.0. The minimum atomic E-state index is -0.0476. The molecule has 1 heteroatoms. The van der Waals surface area contributed by atoms with E-state index >= 15 is 0 Å². The highest BCUT2D eigenvalue weighted by atomic mass is 16.3. The molecule has 0 aliphatic heterocycles. The molecule has 0 aromatic rings. The molecule has 1 unspecified atom stereocenters. The first-order valence-electron chi connectivity index (χ1n) is 12.7. The van der Waals surface area contributed by atoms with E-state index in [1.165, 1.54) is 38.5 Å². The van der Waals surface area contributed by atoms with E-state index in [9.17, 15) is 5.11 Å². The summed E-state index contributed by atoms with van der Waals surface area (Å²) in [6.07, 6.45) is 17.8. The number of rotatable bonds is 4. The Balaban J connectivity index is 1.54. The maximum Gasteiger partial charge on any atom is 0.0543 e. The van der Waals surface area contributed by atoms with Gasteiger partial charge in [0.2, 0.25) is 0 Å². The van der Waals surface area contributed by atoms with E-state index in [0.29, 0.717) is 28.6 Å². The molecule has 4 rings (SSSR count). The van der Waals surface area contributed by atoms with E-state index in [1.807, 2.05) is 5.57 Å². The van der Waals surface area contributed by atoms with E-state index < -0.39 is 0 Å². The van der Waals surface area contributed by atoms with Gasteiger partial charge in [0, 0.05) is 0 Å². The molecule has 9 atom stereocenters. The van der Waals surface area contributed by atoms with Gasteiger partial charge in [-0.25, -0.2) is 0 Å². The summed E-state index contributed by atoms with van der Waals surface area (Å²) < 4.78 is 0. The predicted octanol–water partition coefficient (Wildman–Crippen LogP) is 7.41. The van der Waals surface area contributed by atoms with E-state index in [0.717, 1.165) is 36.5 Å². The summed E-state index contributed by atoms with van der Waals surface area (Å²) in [5, 5.41) is 10.2. The third kappa shape index (κ3) is 3.58. The van der Waals surface area contributed by atoms with Crippen molar-refractivity contribution in [3.8, 4) is 0 Å². The lowest BCUT2D eigenvalue weighted by Gasteiger charge is -2.57. The first kappa shape index (κ1) is 21.7. The summed E-state index contributed by atoms with van der Waals surface area (Å²) in [4.78, 5) is 0. The quantitative estimate of drug-likeness (QED) is 0.489. The monoisotopic (exact) mass is 398 g/mol. The minimum absolute atomic E-state index is 0.0476. The molecule has 1 nitrogen and oxygen atoms in total. The zero-order chi connectivity index (χ0) is 21.0. The van der Waals surface area contributed by atoms with Crippen LogP contribution in [0, 0.1) is 52.3 Å². The van der Waals surface area contributed by atoms with Crippen LogP contribution in [0.1, 0.15) is 92.9 Å². The van der Waals surface area contributed by atoms with Crippen molar-refractivity contribution < 1.29 is 5.11 Å². The molecule has 1 N–H and O–H groups in total. The van der Waals surface area contributed by atoms with Gasteiger partial charge in [-0.1, -0.05) is 65.3 Å². The van der Waals surface area contributed by atoms with Crippen LogP contribution >= 0.6 is 0 Å². The Morgan fingerprint density at radius 1 is 0.931 bits per heavy atom. The zero-order valence-corrected chi connectivity index (χ0v) is 20.0. The topological polar surface area (TPSA) is 20.2 Å². The second-order valence-electron chi connectivity index (χ2n) is 12.3. The van der Waals surface area contributed by atoms with Gasteiger partial charge in [-0.3, -0.25) is 0 Å². The number of aliphatic hydroxyl groups is 1. The lowest BCUT2D eigenvalue weighted by Crippen LogP contribution is -2.49. The molecule has 3 saturated carbocycles. The molecule has 0 saturated heterocycles. The molecule has 3 fully saturated rings. The van der Waals surface area contributed by atoms with E-state index in [2.05, 4.69) is 59.8 Å². The molecule has 0 heterocycles. The summed E-state index contributed by atoms with van der Waals surface area (Å²) in [6.45, 7) is 14.7. The number of hydrogen-bond donors (Lipinski definition) is 1. The van der Waals surface area contributed by atoms with Crippen LogP contribution in [0.25, 0.3) is 0 Å². The molecule has 0 spiro atoms. The fourth-order valence-electron chi connectivity index (χ4n) is 8.10. The van der Waals surface area contributed by atoms with Gasteiger partial charge in [0.1, 0.15) is 0 Å². The van der Waals surface area contributed by atoms with Gasteiger partial charge in [0.15, 0.2) is 0 Å². The summed E-state index contributed by atoms with van der Waals surface area (Å²) >= 11 is 0. The normalized spacial score (nSPS) is 46.8. The van der Waals surface area contributed by atoms with Crippen LogP contribution in [0.5, 0.6) is 0 Å². The van der Waals surface area contributed by atoms with Crippen LogP contribution in [0.2, 0.25) is 0 Å². The van der Waals surface area contributed by atoms with Crippen LogP contribution in [0.4, 0.5) is 0 Å². The second kappa shape index (κ2) is 7.85. The summed E-state index contributed by atoms with van der Waals surface area (Å²) in [5.41, 5.74) is 2.79. The Morgan fingerprint density at radius 3 is 2.34 bits per heavy atom. The van der Waals surface area contributed by atoms with Crippen LogP contribution in [0.15, 0.2) is 23.8 Å². The SMILES string of the molecule is CC(C)[C@H](C)/C=C/[C@H](C)[C@@H]1CC[C@@H]2C3=CCC4C[C@@H](O)CC[C@]4(C)[C@@H]3CC[C@@]21C. The molecule has 29 heavy (non-hydrogen) atoms. The molecule has 4 aliphatic rings. The second-order valence-corrected chi connectivity index (χ2v) is 12.3.